The van der Waals surface area contributed by atoms with E-state index in [1.54, 1.807) is 17.8 Å². The van der Waals surface area contributed by atoms with E-state index in [2.05, 4.69) is 16.9 Å². The van der Waals surface area contributed by atoms with Crippen LogP contribution in [0.2, 0.25) is 0 Å². The summed E-state index contributed by atoms with van der Waals surface area (Å²) in [6.07, 6.45) is 9.00. The molecule has 2 unspecified atom stereocenters. The molecule has 1 aliphatic rings. The van der Waals surface area contributed by atoms with Crippen LogP contribution in [-0.4, -0.2) is 52.3 Å². The van der Waals surface area contributed by atoms with Crippen LogP contribution in [0.4, 0.5) is 0 Å². The van der Waals surface area contributed by atoms with Crippen LogP contribution in [0.1, 0.15) is 48.7 Å². The molecule has 0 aromatic carbocycles. The number of aromatic nitrogens is 5. The van der Waals surface area contributed by atoms with Gasteiger partial charge in [-0.2, -0.15) is 0 Å². The number of thioether (sulfide) groups is 1. The van der Waals surface area contributed by atoms with Gasteiger partial charge in [-0.05, 0) is 26.2 Å². The Labute approximate surface area is 179 Å². The highest BCUT2D eigenvalue weighted by Gasteiger charge is 2.35. The number of aliphatic hydroxyl groups excluding tert-OH is 2. The smallest absolute Gasteiger partial charge is 0.332 e. The van der Waals surface area contributed by atoms with Crippen LogP contribution in [0, 0.1) is 6.92 Å². The number of rotatable bonds is 10. The van der Waals surface area contributed by atoms with Gasteiger partial charge in [0.15, 0.2) is 0 Å². The first-order chi connectivity index (χ1) is 14.4. The summed E-state index contributed by atoms with van der Waals surface area (Å²) in [5, 5.41) is 27.0. The lowest BCUT2D eigenvalue weighted by molar-refractivity contribution is 0.137. The molecule has 2 aromatic heterocycles. The van der Waals surface area contributed by atoms with Crippen molar-refractivity contribution in [3.63, 3.8) is 0 Å². The predicted molar refractivity (Wildman–Crippen MR) is 116 cm³/mol. The van der Waals surface area contributed by atoms with Crippen LogP contribution in [-0.2, 0) is 13.1 Å². The first-order valence-corrected chi connectivity index (χ1v) is 11.2. The highest BCUT2D eigenvalue weighted by Crippen LogP contribution is 2.40. The molecular formula is C20H29N5O4S. The van der Waals surface area contributed by atoms with Gasteiger partial charge >= 0.3 is 5.69 Å². The van der Waals surface area contributed by atoms with Gasteiger partial charge in [-0.3, -0.25) is 18.6 Å². The maximum Gasteiger partial charge on any atom is 0.332 e. The molecule has 0 aliphatic carbocycles. The van der Waals surface area contributed by atoms with Gasteiger partial charge < -0.3 is 10.2 Å². The first kappa shape index (κ1) is 22.5. The molecule has 164 valence electrons. The Balaban J connectivity index is 1.75. The molecule has 30 heavy (non-hydrogen) atoms. The van der Waals surface area contributed by atoms with Crippen molar-refractivity contribution in [1.82, 2.24) is 24.1 Å². The van der Waals surface area contributed by atoms with E-state index >= 15 is 0 Å². The SMILES string of the molecule is C=CCCCCCn1cc(Cn2c(=O)c(C)cn(C3CC(O)[C@@H](CO)S3)c2=O)nn1. The van der Waals surface area contributed by atoms with E-state index < -0.39 is 11.8 Å². The number of aryl methyl sites for hydroxylation is 2. The zero-order valence-electron chi connectivity index (χ0n) is 17.2. The summed E-state index contributed by atoms with van der Waals surface area (Å²) in [6.45, 7) is 5.99. The van der Waals surface area contributed by atoms with Crippen molar-refractivity contribution >= 4 is 11.8 Å². The lowest BCUT2D eigenvalue weighted by Crippen LogP contribution is -2.41. The molecule has 1 saturated heterocycles. The lowest BCUT2D eigenvalue weighted by Gasteiger charge is -2.16. The maximum atomic E-state index is 13.0. The van der Waals surface area contributed by atoms with E-state index in [0.717, 1.165) is 36.8 Å². The van der Waals surface area contributed by atoms with E-state index in [0.29, 0.717) is 17.7 Å². The first-order valence-electron chi connectivity index (χ1n) is 10.2. The van der Waals surface area contributed by atoms with Crippen molar-refractivity contribution in [3.05, 3.63) is 57.1 Å². The van der Waals surface area contributed by atoms with Crippen molar-refractivity contribution in [2.24, 2.45) is 0 Å². The van der Waals surface area contributed by atoms with Crippen molar-refractivity contribution in [2.45, 2.75) is 68.8 Å². The monoisotopic (exact) mass is 435 g/mol. The molecule has 2 aromatic rings. The standard InChI is InChI=1S/C20H29N5O4S/c1-3-4-5-6-7-8-23-11-15(21-22-23)12-25-19(28)14(2)10-24(20(25)29)18-9-16(27)17(13-26)30-18/h3,10-11,16-18,26-27H,1,4-9,12-13H2,2H3/t16?,17-,18?/m1/s1. The van der Waals surface area contributed by atoms with Crippen LogP contribution < -0.4 is 11.2 Å². The van der Waals surface area contributed by atoms with Crippen LogP contribution in [0.3, 0.4) is 0 Å². The summed E-state index contributed by atoms with van der Waals surface area (Å²) in [7, 11) is 0. The average Bonchev–Trinajstić information content (AvgIpc) is 3.33. The van der Waals surface area contributed by atoms with Crippen LogP contribution in [0.25, 0.3) is 0 Å². The summed E-state index contributed by atoms with van der Waals surface area (Å²) in [5.41, 5.74) is 0.168. The molecule has 0 bridgehead atoms. The Morgan fingerprint density at radius 3 is 2.80 bits per heavy atom. The Morgan fingerprint density at radius 2 is 2.10 bits per heavy atom. The third-order valence-electron chi connectivity index (χ3n) is 5.26. The van der Waals surface area contributed by atoms with Gasteiger partial charge in [-0.25, -0.2) is 4.79 Å². The second-order valence-electron chi connectivity index (χ2n) is 7.62. The average molecular weight is 436 g/mol. The lowest BCUT2D eigenvalue weighted by atomic mass is 10.2. The molecule has 3 rings (SSSR count). The largest absolute Gasteiger partial charge is 0.395 e. The van der Waals surface area contributed by atoms with Gasteiger partial charge in [0.2, 0.25) is 0 Å². The summed E-state index contributed by atoms with van der Waals surface area (Å²) >= 11 is 1.34. The highest BCUT2D eigenvalue weighted by molar-refractivity contribution is 8.00. The topological polar surface area (TPSA) is 115 Å². The van der Waals surface area contributed by atoms with Gasteiger partial charge in [0.1, 0.15) is 5.69 Å². The second-order valence-corrected chi connectivity index (χ2v) is 9.04. The van der Waals surface area contributed by atoms with Crippen molar-refractivity contribution < 1.29 is 10.2 Å². The van der Waals surface area contributed by atoms with Gasteiger partial charge in [0.05, 0.1) is 36.1 Å². The van der Waals surface area contributed by atoms with Gasteiger partial charge in [-0.1, -0.05) is 17.7 Å². The molecule has 1 aliphatic heterocycles. The summed E-state index contributed by atoms with van der Waals surface area (Å²) < 4.78 is 4.37. The number of hydrogen-bond acceptors (Lipinski definition) is 7. The fraction of sp³-hybridized carbons (Fsp3) is 0.600. The summed E-state index contributed by atoms with van der Waals surface area (Å²) in [5.74, 6) is 0. The Kier molecular flexibility index (Phi) is 7.68. The summed E-state index contributed by atoms with van der Waals surface area (Å²) in [6, 6.07) is 0. The van der Waals surface area contributed by atoms with Gasteiger partial charge in [0.25, 0.3) is 5.56 Å². The molecule has 10 heteroatoms. The quantitative estimate of drug-likeness (QED) is 0.424. The number of allylic oxidation sites excluding steroid dienone is 1. The highest BCUT2D eigenvalue weighted by atomic mass is 32.2. The minimum atomic E-state index is -0.691. The van der Waals surface area contributed by atoms with Crippen molar-refractivity contribution in [3.8, 4) is 0 Å². The zero-order valence-corrected chi connectivity index (χ0v) is 18.0. The fourth-order valence-electron chi connectivity index (χ4n) is 3.58. The van der Waals surface area contributed by atoms with E-state index in [1.165, 1.54) is 22.5 Å². The predicted octanol–water partition coefficient (Wildman–Crippen LogP) is 1.06. The molecule has 2 N–H and O–H groups in total. The maximum absolute atomic E-state index is 13.0. The molecule has 1 fully saturated rings. The molecule has 0 amide bonds. The fourth-order valence-corrected chi connectivity index (χ4v) is 4.95. The van der Waals surface area contributed by atoms with Crippen LogP contribution >= 0.6 is 11.8 Å². The normalized spacial score (nSPS) is 21.2. The van der Waals surface area contributed by atoms with E-state index in [1.807, 2.05) is 6.08 Å². The molecule has 0 radical (unpaired) electrons. The van der Waals surface area contributed by atoms with E-state index in [9.17, 15) is 19.8 Å². The third kappa shape index (κ3) is 5.11. The molecule has 0 saturated carbocycles. The number of aliphatic hydroxyl groups is 2. The minimum Gasteiger partial charge on any atom is -0.395 e. The Hall–Kier alpha value is -2.17. The minimum absolute atomic E-state index is 0.0409. The molecule has 3 atom stereocenters. The number of hydrogen-bond donors (Lipinski definition) is 2. The molecule has 9 nitrogen and oxygen atoms in total. The Morgan fingerprint density at radius 1 is 1.30 bits per heavy atom. The van der Waals surface area contributed by atoms with Crippen molar-refractivity contribution in [2.75, 3.05) is 6.61 Å². The number of nitrogens with zero attached hydrogens (tertiary/aromatic N) is 5. The molecule has 3 heterocycles. The van der Waals surface area contributed by atoms with Gasteiger partial charge in [-0.15, -0.1) is 23.4 Å². The molecular weight excluding hydrogens is 406 g/mol. The zero-order chi connectivity index (χ0) is 21.7. The van der Waals surface area contributed by atoms with Crippen LogP contribution in [0.5, 0.6) is 0 Å². The number of unbranched alkanes of at least 4 members (excludes halogenated alkanes) is 3. The van der Waals surface area contributed by atoms with E-state index in [-0.39, 0.29) is 29.3 Å². The molecule has 0 spiro atoms. The second kappa shape index (κ2) is 10.2. The van der Waals surface area contributed by atoms with Crippen LogP contribution in [0.15, 0.2) is 34.6 Å². The van der Waals surface area contributed by atoms with Crippen molar-refractivity contribution in [1.29, 1.82) is 0 Å². The summed E-state index contributed by atoms with van der Waals surface area (Å²) in [4.78, 5) is 25.6. The Bertz CT molecular complexity index is 982. The van der Waals surface area contributed by atoms with Gasteiger partial charge in [0, 0.05) is 24.7 Å². The third-order valence-corrected chi connectivity index (χ3v) is 6.81. The van der Waals surface area contributed by atoms with E-state index in [4.69, 9.17) is 0 Å².